The van der Waals surface area contributed by atoms with Crippen molar-refractivity contribution in [3.63, 3.8) is 0 Å². The van der Waals surface area contributed by atoms with Crippen LogP contribution in [0, 0.1) is 13.8 Å². The third-order valence-electron chi connectivity index (χ3n) is 7.14. The van der Waals surface area contributed by atoms with E-state index < -0.39 is 24.4 Å². The molecular formula is C29H31N9O5. The molecule has 0 radical (unpaired) electrons. The zero-order valence-electron chi connectivity index (χ0n) is 23.8. The van der Waals surface area contributed by atoms with Gasteiger partial charge in [-0.15, -0.1) is 0 Å². The van der Waals surface area contributed by atoms with Crippen LogP contribution in [0.15, 0.2) is 54.7 Å². The van der Waals surface area contributed by atoms with E-state index in [0.717, 1.165) is 22.6 Å². The van der Waals surface area contributed by atoms with Crippen LogP contribution in [0.3, 0.4) is 0 Å². The highest BCUT2D eigenvalue weighted by atomic mass is 16.5. The van der Waals surface area contributed by atoms with Crippen LogP contribution in [0.1, 0.15) is 17.7 Å². The van der Waals surface area contributed by atoms with Crippen LogP contribution in [0.2, 0.25) is 0 Å². The van der Waals surface area contributed by atoms with E-state index in [1.54, 1.807) is 9.20 Å². The second kappa shape index (κ2) is 11.7. The van der Waals surface area contributed by atoms with Gasteiger partial charge in [-0.2, -0.15) is 19.8 Å². The number of hydrogen-bond acceptors (Lipinski definition) is 10. The van der Waals surface area contributed by atoms with Gasteiger partial charge in [0, 0.05) is 42.7 Å². The lowest BCUT2D eigenvalue weighted by Gasteiger charge is -2.29. The van der Waals surface area contributed by atoms with Crippen LogP contribution >= 0.6 is 0 Å². The summed E-state index contributed by atoms with van der Waals surface area (Å²) in [5.41, 5.74) is 11.1. The smallest absolute Gasteiger partial charge is 0.325 e. The SMILES string of the molecule is Cc1cccc(-c2ccn(-c3cc(N4CCOCC4)n4nc(-c5cc(C)n(COC(=O)C(N)CC(=O)O)n5)cc4n3)n2)c1. The van der Waals surface area contributed by atoms with Crippen LogP contribution in [0.4, 0.5) is 5.82 Å². The summed E-state index contributed by atoms with van der Waals surface area (Å²) >= 11 is 0. The molecule has 43 heavy (non-hydrogen) atoms. The Labute approximate surface area is 246 Å². The van der Waals surface area contributed by atoms with Crippen molar-refractivity contribution in [3.05, 3.63) is 66.0 Å². The zero-order chi connectivity index (χ0) is 30.1. The Balaban J connectivity index is 1.32. The molecule has 222 valence electrons. The normalized spacial score (nSPS) is 14.3. The van der Waals surface area contributed by atoms with Gasteiger partial charge in [0.25, 0.3) is 0 Å². The number of esters is 1. The standard InChI is InChI=1S/C29H31N9O5/c1-18-4-3-5-20(12-18)22-6-7-36(32-22)25-16-27(35-8-10-42-11-9-35)38-26(31-25)15-24(34-38)23-13-19(2)37(33-23)17-43-29(41)21(30)14-28(39)40/h3-7,12-13,15-16,21H,8-11,14,17,30H2,1-2H3,(H,39,40). The number of anilines is 1. The number of fused-ring (bicyclic) bond motifs is 1. The molecule has 14 nitrogen and oxygen atoms in total. The quantitative estimate of drug-likeness (QED) is 0.243. The van der Waals surface area contributed by atoms with Gasteiger partial charge in [-0.1, -0.05) is 23.8 Å². The lowest BCUT2D eigenvalue weighted by Crippen LogP contribution is -2.37. The highest BCUT2D eigenvalue weighted by Crippen LogP contribution is 2.26. The van der Waals surface area contributed by atoms with Gasteiger partial charge in [0.2, 0.25) is 0 Å². The third kappa shape index (κ3) is 5.96. The molecule has 0 saturated carbocycles. The number of benzene rings is 1. The van der Waals surface area contributed by atoms with Crippen LogP contribution in [-0.4, -0.2) is 83.5 Å². The maximum atomic E-state index is 12.1. The van der Waals surface area contributed by atoms with Crippen molar-refractivity contribution in [2.24, 2.45) is 5.73 Å². The Hall–Kier alpha value is -5.08. The molecule has 0 bridgehead atoms. The van der Waals surface area contributed by atoms with Gasteiger partial charge in [0.05, 0.1) is 25.3 Å². The number of carbonyl (C=O) groups excluding carboxylic acids is 1. The minimum atomic E-state index is -1.26. The second-order valence-electron chi connectivity index (χ2n) is 10.4. The molecule has 4 aromatic heterocycles. The Morgan fingerprint density at radius 3 is 2.58 bits per heavy atom. The lowest BCUT2D eigenvalue weighted by atomic mass is 10.1. The molecule has 1 aliphatic rings. The first-order chi connectivity index (χ1) is 20.7. The molecule has 6 rings (SSSR count). The third-order valence-corrected chi connectivity index (χ3v) is 7.14. The van der Waals surface area contributed by atoms with E-state index in [1.165, 1.54) is 4.68 Å². The van der Waals surface area contributed by atoms with Gasteiger partial charge in [-0.05, 0) is 32.0 Å². The van der Waals surface area contributed by atoms with Crippen molar-refractivity contribution >= 4 is 23.4 Å². The number of carboxylic acid groups (broad SMARTS) is 1. The fraction of sp³-hybridized carbons (Fsp3) is 0.310. The molecule has 1 fully saturated rings. The largest absolute Gasteiger partial charge is 0.481 e. The monoisotopic (exact) mass is 585 g/mol. The number of nitrogens with zero attached hydrogens (tertiary/aromatic N) is 8. The van der Waals surface area contributed by atoms with Gasteiger partial charge < -0.3 is 25.2 Å². The van der Waals surface area contributed by atoms with E-state index >= 15 is 0 Å². The predicted molar refractivity (Wildman–Crippen MR) is 156 cm³/mol. The molecule has 1 atom stereocenters. The highest BCUT2D eigenvalue weighted by molar-refractivity contribution is 5.81. The number of aromatic nitrogens is 7. The molecule has 1 aliphatic heterocycles. The molecule has 0 amide bonds. The summed E-state index contributed by atoms with van der Waals surface area (Å²) in [6, 6.07) is 14.5. The van der Waals surface area contributed by atoms with E-state index in [0.29, 0.717) is 54.9 Å². The van der Waals surface area contributed by atoms with Crippen LogP contribution in [0.25, 0.3) is 34.1 Å². The number of ether oxygens (including phenoxy) is 2. The molecule has 1 saturated heterocycles. The van der Waals surface area contributed by atoms with Crippen molar-refractivity contribution in [3.8, 4) is 28.5 Å². The minimum absolute atomic E-state index is 0.213. The maximum absolute atomic E-state index is 12.1. The summed E-state index contributed by atoms with van der Waals surface area (Å²) in [6.07, 6.45) is 1.38. The van der Waals surface area contributed by atoms with Gasteiger partial charge in [-0.25, -0.2) is 14.3 Å². The molecule has 5 heterocycles. The van der Waals surface area contributed by atoms with Gasteiger partial charge in [0.15, 0.2) is 18.2 Å². The summed E-state index contributed by atoms with van der Waals surface area (Å²) in [4.78, 5) is 30.0. The fourth-order valence-electron chi connectivity index (χ4n) is 4.89. The van der Waals surface area contributed by atoms with Crippen molar-refractivity contribution < 1.29 is 24.2 Å². The number of morpholine rings is 1. The molecule has 1 unspecified atom stereocenters. The number of carbonyl (C=O) groups is 2. The van der Waals surface area contributed by atoms with E-state index in [4.69, 9.17) is 35.5 Å². The Morgan fingerprint density at radius 1 is 1.02 bits per heavy atom. The number of carboxylic acids is 1. The van der Waals surface area contributed by atoms with Crippen molar-refractivity contribution in [2.75, 3.05) is 31.2 Å². The zero-order valence-corrected chi connectivity index (χ0v) is 23.8. The predicted octanol–water partition coefficient (Wildman–Crippen LogP) is 2.20. The first-order valence-corrected chi connectivity index (χ1v) is 13.8. The van der Waals surface area contributed by atoms with Crippen molar-refractivity contribution in [1.82, 2.24) is 34.2 Å². The molecule has 1 aromatic carbocycles. The van der Waals surface area contributed by atoms with E-state index in [2.05, 4.69) is 29.1 Å². The maximum Gasteiger partial charge on any atom is 0.325 e. The number of nitrogens with two attached hydrogens (primary N) is 1. The Bertz CT molecular complexity index is 1800. The average Bonchev–Trinajstić information content (AvgIpc) is 3.74. The summed E-state index contributed by atoms with van der Waals surface area (Å²) in [5.74, 6) is -0.505. The van der Waals surface area contributed by atoms with E-state index in [-0.39, 0.29) is 6.73 Å². The van der Waals surface area contributed by atoms with Gasteiger partial charge in [-0.3, -0.25) is 9.59 Å². The molecule has 3 N–H and O–H groups in total. The van der Waals surface area contributed by atoms with Crippen LogP contribution in [0.5, 0.6) is 0 Å². The minimum Gasteiger partial charge on any atom is -0.481 e. The first-order valence-electron chi connectivity index (χ1n) is 13.8. The van der Waals surface area contributed by atoms with E-state index in [9.17, 15) is 9.59 Å². The Morgan fingerprint density at radius 2 is 1.81 bits per heavy atom. The van der Waals surface area contributed by atoms with Gasteiger partial charge >= 0.3 is 11.9 Å². The van der Waals surface area contributed by atoms with Crippen molar-refractivity contribution in [1.29, 1.82) is 0 Å². The topological polar surface area (TPSA) is 168 Å². The molecule has 5 aromatic rings. The lowest BCUT2D eigenvalue weighted by molar-refractivity contribution is -0.152. The summed E-state index contributed by atoms with van der Waals surface area (Å²) in [7, 11) is 0. The molecular weight excluding hydrogens is 554 g/mol. The summed E-state index contributed by atoms with van der Waals surface area (Å²) < 4.78 is 15.8. The molecule has 0 aliphatic carbocycles. The Kier molecular flexibility index (Phi) is 7.61. The average molecular weight is 586 g/mol. The van der Waals surface area contributed by atoms with Crippen LogP contribution in [-0.2, 0) is 25.8 Å². The number of aryl methyl sites for hydroxylation is 2. The first kappa shape index (κ1) is 28.1. The van der Waals surface area contributed by atoms with Gasteiger partial charge in [0.1, 0.15) is 23.2 Å². The molecule has 14 heteroatoms. The van der Waals surface area contributed by atoms with E-state index in [1.807, 2.05) is 49.5 Å². The number of hydrogen-bond donors (Lipinski definition) is 2. The summed E-state index contributed by atoms with van der Waals surface area (Å²) in [6.45, 7) is 6.26. The van der Waals surface area contributed by atoms with Crippen molar-refractivity contribution in [2.45, 2.75) is 33.0 Å². The highest BCUT2D eigenvalue weighted by Gasteiger charge is 2.22. The molecule has 0 spiro atoms. The van der Waals surface area contributed by atoms with Crippen LogP contribution < -0.4 is 10.6 Å². The fourth-order valence-corrected chi connectivity index (χ4v) is 4.89. The number of rotatable bonds is 9. The summed E-state index contributed by atoms with van der Waals surface area (Å²) in [5, 5.41) is 23.1. The number of aliphatic carboxylic acids is 1. The second-order valence-corrected chi connectivity index (χ2v) is 10.4.